The number of carbonyl (C=O) groups excluding carboxylic acids is 1. The quantitative estimate of drug-likeness (QED) is 0.264. The molecule has 0 aromatic heterocycles. The number of halogens is 1. The van der Waals surface area contributed by atoms with Crippen molar-refractivity contribution in [3.63, 3.8) is 0 Å². The molecule has 0 radical (unpaired) electrons. The second kappa shape index (κ2) is 12.9. The molecule has 0 saturated carbocycles. The summed E-state index contributed by atoms with van der Waals surface area (Å²) in [5.74, 6) is 1.11. The minimum atomic E-state index is -0.201. The molecule has 0 aliphatic carbocycles. The van der Waals surface area contributed by atoms with Gasteiger partial charge in [0.05, 0.1) is 0 Å². The summed E-state index contributed by atoms with van der Waals surface area (Å²) < 4.78 is 0. The number of rotatable bonds is 8. The Labute approximate surface area is 174 Å². The summed E-state index contributed by atoms with van der Waals surface area (Å²) in [6.07, 6.45) is 7.37. The fourth-order valence-electron chi connectivity index (χ4n) is 3.52. The molecule has 1 aliphatic heterocycles. The van der Waals surface area contributed by atoms with Crippen molar-refractivity contribution in [3.05, 3.63) is 35.9 Å². The van der Waals surface area contributed by atoms with Crippen molar-refractivity contribution >= 4 is 35.8 Å². The Bertz CT molecular complexity index is 550. The number of primary amides is 1. The zero-order valence-corrected chi connectivity index (χ0v) is 18.2. The maximum Gasteiger partial charge on any atom is 0.217 e. The first-order valence-corrected chi connectivity index (χ1v) is 9.47. The number of likely N-dealkylation sites (tertiary alicyclic amines) is 1. The number of hydrogen-bond donors (Lipinski definition) is 2. The topological polar surface area (TPSA) is 70.7 Å². The van der Waals surface area contributed by atoms with E-state index in [0.29, 0.717) is 12.3 Å². The number of amides is 1. The van der Waals surface area contributed by atoms with Crippen molar-refractivity contribution in [2.75, 3.05) is 26.7 Å². The van der Waals surface area contributed by atoms with E-state index < -0.39 is 0 Å². The number of benzene rings is 1. The lowest BCUT2D eigenvalue weighted by Gasteiger charge is -2.34. The van der Waals surface area contributed by atoms with Crippen LogP contribution in [0.2, 0.25) is 0 Å². The Morgan fingerprint density at radius 1 is 1.27 bits per heavy atom. The SMILES string of the molecule is CN=C(NCCCCCc1ccccc1)N1CCCC(CC(N)=O)C1.I. The van der Waals surface area contributed by atoms with Crippen LogP contribution in [0.4, 0.5) is 0 Å². The maximum absolute atomic E-state index is 11.1. The van der Waals surface area contributed by atoms with E-state index in [-0.39, 0.29) is 29.9 Å². The average Bonchev–Trinajstić information content (AvgIpc) is 2.62. The zero-order valence-electron chi connectivity index (χ0n) is 15.8. The second-order valence-corrected chi connectivity index (χ2v) is 6.89. The van der Waals surface area contributed by atoms with E-state index in [1.54, 1.807) is 0 Å². The third-order valence-corrected chi connectivity index (χ3v) is 4.79. The molecule has 1 aromatic rings. The van der Waals surface area contributed by atoms with Crippen molar-refractivity contribution in [3.8, 4) is 0 Å². The van der Waals surface area contributed by atoms with Crippen LogP contribution in [0, 0.1) is 5.92 Å². The fraction of sp³-hybridized carbons (Fsp3) is 0.600. The van der Waals surface area contributed by atoms with E-state index in [1.165, 1.54) is 18.4 Å². The maximum atomic E-state index is 11.1. The fourth-order valence-corrected chi connectivity index (χ4v) is 3.52. The number of guanidine groups is 1. The first kappa shape index (κ1) is 22.7. The summed E-state index contributed by atoms with van der Waals surface area (Å²) in [5.41, 5.74) is 6.76. The van der Waals surface area contributed by atoms with Gasteiger partial charge in [-0.25, -0.2) is 0 Å². The highest BCUT2D eigenvalue weighted by atomic mass is 127. The minimum Gasteiger partial charge on any atom is -0.370 e. The molecule has 1 heterocycles. The van der Waals surface area contributed by atoms with Crippen LogP contribution in [0.15, 0.2) is 35.3 Å². The van der Waals surface area contributed by atoms with Crippen LogP contribution in [0.5, 0.6) is 0 Å². The number of aryl methyl sites for hydroxylation is 1. The van der Waals surface area contributed by atoms with Crippen molar-refractivity contribution in [1.29, 1.82) is 0 Å². The monoisotopic (exact) mass is 472 g/mol. The zero-order chi connectivity index (χ0) is 17.9. The van der Waals surface area contributed by atoms with E-state index in [0.717, 1.165) is 51.3 Å². The highest BCUT2D eigenvalue weighted by Gasteiger charge is 2.23. The van der Waals surface area contributed by atoms with E-state index in [4.69, 9.17) is 5.73 Å². The Kier molecular flexibility index (Phi) is 11.3. The second-order valence-electron chi connectivity index (χ2n) is 6.89. The third kappa shape index (κ3) is 8.38. The van der Waals surface area contributed by atoms with Gasteiger partial charge in [-0.1, -0.05) is 36.8 Å². The summed E-state index contributed by atoms with van der Waals surface area (Å²) >= 11 is 0. The standard InChI is InChI=1S/C20H32N4O.HI/c1-22-20(24-14-8-12-18(16-24)15-19(21)25)23-13-7-3-6-11-17-9-4-2-5-10-17;/h2,4-5,9-10,18H,3,6-8,11-16H2,1H3,(H2,21,25)(H,22,23);1H. The van der Waals surface area contributed by atoms with Gasteiger partial charge >= 0.3 is 0 Å². The van der Waals surface area contributed by atoms with E-state index in [1.807, 2.05) is 7.05 Å². The lowest BCUT2D eigenvalue weighted by Crippen LogP contribution is -2.47. The molecule has 0 spiro atoms. The first-order valence-electron chi connectivity index (χ1n) is 9.47. The Hall–Kier alpha value is -1.31. The van der Waals surface area contributed by atoms with Crippen molar-refractivity contribution in [1.82, 2.24) is 10.2 Å². The molecule has 1 atom stereocenters. The van der Waals surface area contributed by atoms with Crippen molar-refractivity contribution in [2.24, 2.45) is 16.6 Å². The normalized spacial score (nSPS) is 17.5. The summed E-state index contributed by atoms with van der Waals surface area (Å²) in [6, 6.07) is 10.7. The smallest absolute Gasteiger partial charge is 0.217 e. The molecule has 26 heavy (non-hydrogen) atoms. The molecule has 1 amide bonds. The number of hydrogen-bond acceptors (Lipinski definition) is 2. The molecule has 3 N–H and O–H groups in total. The number of aliphatic imine (C=N–C) groups is 1. The van der Waals surface area contributed by atoms with E-state index in [2.05, 4.69) is 45.5 Å². The summed E-state index contributed by atoms with van der Waals surface area (Å²) in [4.78, 5) is 17.8. The van der Waals surface area contributed by atoms with Gasteiger partial charge in [-0.2, -0.15) is 0 Å². The number of unbranched alkanes of at least 4 members (excludes halogenated alkanes) is 2. The summed E-state index contributed by atoms with van der Waals surface area (Å²) in [6.45, 7) is 2.82. The van der Waals surface area contributed by atoms with Crippen LogP contribution in [-0.2, 0) is 11.2 Å². The summed E-state index contributed by atoms with van der Waals surface area (Å²) in [7, 11) is 1.83. The van der Waals surface area contributed by atoms with Gasteiger partial charge < -0.3 is 16.0 Å². The van der Waals surface area contributed by atoms with Crippen molar-refractivity contribution in [2.45, 2.75) is 44.9 Å². The molecular formula is C20H33IN4O. The van der Waals surface area contributed by atoms with Crippen LogP contribution in [0.3, 0.4) is 0 Å². The molecule has 6 heteroatoms. The van der Waals surface area contributed by atoms with Gasteiger partial charge in [-0.3, -0.25) is 9.79 Å². The minimum absolute atomic E-state index is 0. The van der Waals surface area contributed by atoms with E-state index >= 15 is 0 Å². The Morgan fingerprint density at radius 2 is 2.04 bits per heavy atom. The highest BCUT2D eigenvalue weighted by molar-refractivity contribution is 14.0. The van der Waals surface area contributed by atoms with Gasteiger partial charge in [-0.05, 0) is 43.6 Å². The largest absolute Gasteiger partial charge is 0.370 e. The van der Waals surface area contributed by atoms with Gasteiger partial charge in [-0.15, -0.1) is 24.0 Å². The molecule has 5 nitrogen and oxygen atoms in total. The predicted molar refractivity (Wildman–Crippen MR) is 119 cm³/mol. The lowest BCUT2D eigenvalue weighted by molar-refractivity contribution is -0.119. The molecular weight excluding hydrogens is 439 g/mol. The molecule has 2 rings (SSSR count). The predicted octanol–water partition coefficient (Wildman–Crippen LogP) is 3.18. The molecule has 1 aromatic carbocycles. The molecule has 1 unspecified atom stereocenters. The Balaban J connectivity index is 0.00000338. The number of nitrogens with one attached hydrogen (secondary N) is 1. The van der Waals surface area contributed by atoms with Gasteiger partial charge in [0.25, 0.3) is 0 Å². The van der Waals surface area contributed by atoms with Gasteiger partial charge in [0, 0.05) is 33.1 Å². The number of carbonyl (C=O) groups is 1. The number of nitrogens with two attached hydrogens (primary N) is 1. The average molecular weight is 472 g/mol. The van der Waals surface area contributed by atoms with Crippen LogP contribution in [-0.4, -0.2) is 43.4 Å². The van der Waals surface area contributed by atoms with Crippen LogP contribution in [0.25, 0.3) is 0 Å². The first-order chi connectivity index (χ1) is 12.2. The molecule has 1 aliphatic rings. The summed E-state index contributed by atoms with van der Waals surface area (Å²) in [5, 5.41) is 3.47. The number of piperidine rings is 1. The molecule has 1 fully saturated rings. The van der Waals surface area contributed by atoms with E-state index in [9.17, 15) is 4.79 Å². The lowest BCUT2D eigenvalue weighted by atomic mass is 9.95. The highest BCUT2D eigenvalue weighted by Crippen LogP contribution is 2.19. The Morgan fingerprint density at radius 3 is 2.73 bits per heavy atom. The van der Waals surface area contributed by atoms with Crippen LogP contribution in [0.1, 0.15) is 44.1 Å². The third-order valence-electron chi connectivity index (χ3n) is 4.79. The van der Waals surface area contributed by atoms with Gasteiger partial charge in [0.15, 0.2) is 5.96 Å². The van der Waals surface area contributed by atoms with Gasteiger partial charge in [0.1, 0.15) is 0 Å². The number of nitrogens with zero attached hydrogens (tertiary/aromatic N) is 2. The van der Waals surface area contributed by atoms with Crippen LogP contribution < -0.4 is 11.1 Å². The van der Waals surface area contributed by atoms with Crippen LogP contribution >= 0.6 is 24.0 Å². The molecule has 146 valence electrons. The van der Waals surface area contributed by atoms with Crippen molar-refractivity contribution < 1.29 is 4.79 Å². The van der Waals surface area contributed by atoms with Gasteiger partial charge in [0.2, 0.25) is 5.91 Å². The molecule has 1 saturated heterocycles. The molecule has 0 bridgehead atoms.